The number of nitrogens with one attached hydrogen (secondary N) is 2. The van der Waals surface area contributed by atoms with Gasteiger partial charge in [-0.05, 0) is 19.9 Å². The third-order valence-corrected chi connectivity index (χ3v) is 1.13. The minimum absolute atomic E-state index is 0.310. The van der Waals surface area contributed by atoms with E-state index < -0.39 is 5.97 Å². The lowest BCUT2D eigenvalue weighted by atomic mass is 10.3. The van der Waals surface area contributed by atoms with Gasteiger partial charge in [0.2, 0.25) is 0 Å². The van der Waals surface area contributed by atoms with Gasteiger partial charge < -0.3 is 15.5 Å². The van der Waals surface area contributed by atoms with E-state index in [1.54, 1.807) is 20.9 Å². The van der Waals surface area contributed by atoms with Gasteiger partial charge in [-0.3, -0.25) is 0 Å². The number of esters is 1. The molecule has 0 bridgehead atoms. The Morgan fingerprint density at radius 3 is 2.58 bits per heavy atom. The van der Waals surface area contributed by atoms with Crippen LogP contribution >= 0.6 is 0 Å². The highest BCUT2D eigenvalue weighted by atomic mass is 16.5. The van der Waals surface area contributed by atoms with Gasteiger partial charge in [0, 0.05) is 12.8 Å². The topological polar surface area (TPSA) is 62.2 Å². The molecule has 68 valence electrons. The van der Waals surface area contributed by atoms with Crippen molar-refractivity contribution in [2.45, 2.75) is 13.8 Å². The number of carbonyl (C=O) groups excluding carboxylic acids is 1. The molecular formula is C8H14N2O2. The van der Waals surface area contributed by atoms with Crippen LogP contribution in [0.5, 0.6) is 0 Å². The van der Waals surface area contributed by atoms with Crippen LogP contribution < -0.4 is 5.32 Å². The Hall–Kier alpha value is -1.32. The van der Waals surface area contributed by atoms with E-state index in [4.69, 9.17) is 10.1 Å². The van der Waals surface area contributed by atoms with E-state index in [0.717, 1.165) is 0 Å². The largest absolute Gasteiger partial charge is 0.461 e. The molecule has 4 heteroatoms. The number of hydrogen-bond donors (Lipinski definition) is 2. The van der Waals surface area contributed by atoms with Crippen LogP contribution in [0.15, 0.2) is 11.8 Å². The maximum absolute atomic E-state index is 11.1. The summed E-state index contributed by atoms with van der Waals surface area (Å²) in [5, 5.41) is 9.79. The monoisotopic (exact) mass is 170 g/mol. The molecule has 0 saturated carbocycles. The van der Waals surface area contributed by atoms with Crippen LogP contribution in [-0.2, 0) is 9.53 Å². The van der Waals surface area contributed by atoms with Crippen molar-refractivity contribution in [1.29, 1.82) is 5.41 Å². The summed E-state index contributed by atoms with van der Waals surface area (Å²) in [6.45, 7) is 3.67. The third-order valence-electron chi connectivity index (χ3n) is 1.13. The quantitative estimate of drug-likeness (QED) is 0.371. The Labute approximate surface area is 72.1 Å². The van der Waals surface area contributed by atoms with Gasteiger partial charge in [-0.2, -0.15) is 0 Å². The molecule has 0 aromatic rings. The first-order chi connectivity index (χ1) is 5.61. The molecule has 0 radical (unpaired) electrons. The van der Waals surface area contributed by atoms with Crippen molar-refractivity contribution in [3.8, 4) is 0 Å². The fraction of sp³-hybridized carbons (Fsp3) is 0.500. The first-order valence-corrected chi connectivity index (χ1v) is 3.73. The lowest BCUT2D eigenvalue weighted by Gasteiger charge is -2.04. The van der Waals surface area contributed by atoms with Crippen molar-refractivity contribution in [1.82, 2.24) is 5.32 Å². The zero-order valence-corrected chi connectivity index (χ0v) is 7.60. The zero-order chi connectivity index (χ0) is 9.56. The normalized spacial score (nSPS) is 10.8. The molecule has 0 saturated heterocycles. The van der Waals surface area contributed by atoms with Gasteiger partial charge in [0.05, 0.1) is 6.61 Å². The molecule has 0 spiro atoms. The van der Waals surface area contributed by atoms with E-state index in [-0.39, 0.29) is 0 Å². The summed E-state index contributed by atoms with van der Waals surface area (Å²) in [6.07, 6.45) is 1.43. The van der Waals surface area contributed by atoms with Crippen molar-refractivity contribution in [3.05, 3.63) is 11.8 Å². The maximum atomic E-state index is 11.1. The molecular weight excluding hydrogens is 156 g/mol. The van der Waals surface area contributed by atoms with Crippen LogP contribution in [0.4, 0.5) is 0 Å². The Balaban J connectivity index is 4.34. The van der Waals surface area contributed by atoms with Crippen molar-refractivity contribution in [2.24, 2.45) is 0 Å². The Kier molecular flexibility index (Phi) is 4.76. The standard InChI is InChI=1S/C8H14N2O2/c1-4-12-8(11)7(10-3)5-6(2)9/h5,9-10H,4H2,1-3H3/b7-5-,9-6?. The Bertz CT molecular complexity index is 209. The van der Waals surface area contributed by atoms with Crippen molar-refractivity contribution >= 4 is 11.7 Å². The molecule has 0 amide bonds. The summed E-state index contributed by atoms with van der Waals surface area (Å²) >= 11 is 0. The molecule has 4 nitrogen and oxygen atoms in total. The summed E-state index contributed by atoms with van der Waals surface area (Å²) in [7, 11) is 1.62. The third kappa shape index (κ3) is 3.75. The van der Waals surface area contributed by atoms with E-state index in [2.05, 4.69) is 5.32 Å². The highest BCUT2D eigenvalue weighted by molar-refractivity contribution is 5.99. The number of ether oxygens (including phenoxy) is 1. The molecule has 0 aliphatic carbocycles. The zero-order valence-electron chi connectivity index (χ0n) is 7.60. The molecule has 2 N–H and O–H groups in total. The second-order valence-corrected chi connectivity index (χ2v) is 2.21. The number of hydrogen-bond acceptors (Lipinski definition) is 4. The van der Waals surface area contributed by atoms with E-state index in [1.807, 2.05) is 0 Å². The van der Waals surface area contributed by atoms with Crippen LogP contribution in [0.1, 0.15) is 13.8 Å². The summed E-state index contributed by atoms with van der Waals surface area (Å²) in [6, 6.07) is 0. The minimum atomic E-state index is -0.424. The predicted molar refractivity (Wildman–Crippen MR) is 47.2 cm³/mol. The van der Waals surface area contributed by atoms with Gasteiger partial charge in [-0.25, -0.2) is 4.79 Å². The van der Waals surface area contributed by atoms with E-state index in [1.165, 1.54) is 6.08 Å². The van der Waals surface area contributed by atoms with Gasteiger partial charge in [-0.15, -0.1) is 0 Å². The number of rotatable bonds is 4. The highest BCUT2D eigenvalue weighted by Gasteiger charge is 2.07. The predicted octanol–water partition coefficient (Wildman–Crippen LogP) is 0.692. The smallest absolute Gasteiger partial charge is 0.354 e. The molecule has 0 heterocycles. The molecule has 12 heavy (non-hydrogen) atoms. The van der Waals surface area contributed by atoms with Crippen LogP contribution in [0, 0.1) is 5.41 Å². The van der Waals surface area contributed by atoms with E-state index in [9.17, 15) is 4.79 Å². The van der Waals surface area contributed by atoms with Crippen LogP contribution in [0.25, 0.3) is 0 Å². The Morgan fingerprint density at radius 1 is 1.67 bits per heavy atom. The van der Waals surface area contributed by atoms with Crippen molar-refractivity contribution in [3.63, 3.8) is 0 Å². The molecule has 0 atom stereocenters. The number of carbonyl (C=O) groups is 1. The molecule has 0 aliphatic heterocycles. The van der Waals surface area contributed by atoms with Gasteiger partial charge in [0.1, 0.15) is 5.70 Å². The number of likely N-dealkylation sites (N-methyl/N-ethyl adjacent to an activating group) is 1. The van der Waals surface area contributed by atoms with Gasteiger partial charge in [0.15, 0.2) is 0 Å². The lowest BCUT2D eigenvalue weighted by Crippen LogP contribution is -2.19. The van der Waals surface area contributed by atoms with Gasteiger partial charge in [-0.1, -0.05) is 0 Å². The Morgan fingerprint density at radius 2 is 2.25 bits per heavy atom. The minimum Gasteiger partial charge on any atom is -0.461 e. The van der Waals surface area contributed by atoms with Crippen molar-refractivity contribution < 1.29 is 9.53 Å². The van der Waals surface area contributed by atoms with E-state index in [0.29, 0.717) is 18.0 Å². The maximum Gasteiger partial charge on any atom is 0.354 e. The van der Waals surface area contributed by atoms with Crippen LogP contribution in [0.2, 0.25) is 0 Å². The summed E-state index contributed by atoms with van der Waals surface area (Å²) in [5.74, 6) is -0.424. The summed E-state index contributed by atoms with van der Waals surface area (Å²) in [5.41, 5.74) is 0.622. The van der Waals surface area contributed by atoms with Gasteiger partial charge in [0.25, 0.3) is 0 Å². The number of allylic oxidation sites excluding steroid dienone is 1. The SMILES string of the molecule is CCOC(=O)/C(=C/C(C)=N)NC. The lowest BCUT2D eigenvalue weighted by molar-refractivity contribution is -0.138. The van der Waals surface area contributed by atoms with Crippen LogP contribution in [0.3, 0.4) is 0 Å². The average molecular weight is 170 g/mol. The molecule has 0 aromatic carbocycles. The first-order valence-electron chi connectivity index (χ1n) is 3.73. The summed E-state index contributed by atoms with van der Waals surface area (Å²) < 4.78 is 4.73. The first kappa shape index (κ1) is 10.7. The molecule has 0 fully saturated rings. The average Bonchev–Trinajstić information content (AvgIpc) is 2.00. The second kappa shape index (κ2) is 5.35. The highest BCUT2D eigenvalue weighted by Crippen LogP contribution is 1.93. The summed E-state index contributed by atoms with van der Waals surface area (Å²) in [4.78, 5) is 11.1. The molecule has 0 rings (SSSR count). The van der Waals surface area contributed by atoms with Crippen molar-refractivity contribution in [2.75, 3.05) is 13.7 Å². The fourth-order valence-electron chi connectivity index (χ4n) is 0.659. The van der Waals surface area contributed by atoms with Crippen LogP contribution in [-0.4, -0.2) is 25.3 Å². The van der Waals surface area contributed by atoms with E-state index >= 15 is 0 Å². The molecule has 0 aliphatic rings. The molecule has 0 unspecified atom stereocenters. The van der Waals surface area contributed by atoms with Gasteiger partial charge >= 0.3 is 5.97 Å². The molecule has 0 aromatic heterocycles. The second-order valence-electron chi connectivity index (χ2n) is 2.21. The fourth-order valence-corrected chi connectivity index (χ4v) is 0.659.